The lowest BCUT2D eigenvalue weighted by atomic mass is 9.73. The van der Waals surface area contributed by atoms with Crippen molar-refractivity contribution in [2.45, 2.75) is 43.8 Å². The summed E-state index contributed by atoms with van der Waals surface area (Å²) in [5.41, 5.74) is 0.479. The van der Waals surface area contributed by atoms with Crippen LogP contribution in [0.15, 0.2) is 67.6 Å². The minimum absolute atomic E-state index is 0.0822. The highest BCUT2D eigenvalue weighted by molar-refractivity contribution is 6.08. The van der Waals surface area contributed by atoms with E-state index in [1.807, 2.05) is 30.3 Å². The molecule has 0 bridgehead atoms. The second-order valence-electron chi connectivity index (χ2n) is 11.0. The lowest BCUT2D eigenvalue weighted by Crippen LogP contribution is -2.53. The summed E-state index contributed by atoms with van der Waals surface area (Å²) in [5.74, 6) is -1.03. The number of benzene rings is 1. The van der Waals surface area contributed by atoms with Crippen LogP contribution in [-0.2, 0) is 21.5 Å². The number of carbonyl (C=O) groups is 2. The maximum Gasteiger partial charge on any atom is 0.403 e. The molecule has 208 valence electrons. The molecule has 2 aliphatic heterocycles. The van der Waals surface area contributed by atoms with Gasteiger partial charge in [0.25, 0.3) is 0 Å². The highest BCUT2D eigenvalue weighted by Crippen LogP contribution is 2.59. The van der Waals surface area contributed by atoms with Crippen LogP contribution in [0.4, 0.5) is 18.9 Å². The predicted molar refractivity (Wildman–Crippen MR) is 143 cm³/mol. The van der Waals surface area contributed by atoms with Crippen molar-refractivity contribution >= 4 is 28.3 Å². The number of carbonyl (C=O) groups excluding carboxylic acids is 2. The Morgan fingerprint density at radius 3 is 2.37 bits per heavy atom. The van der Waals surface area contributed by atoms with E-state index in [-0.39, 0.29) is 51.2 Å². The first-order valence-electron chi connectivity index (χ1n) is 13.5. The summed E-state index contributed by atoms with van der Waals surface area (Å²) in [5, 5.41) is 1.89. The highest BCUT2D eigenvalue weighted by atomic mass is 19.4. The Morgan fingerprint density at radius 1 is 0.927 bits per heavy atom. The fraction of sp³-hybridized carbons (Fsp3) is 0.333. The van der Waals surface area contributed by atoms with Gasteiger partial charge in [-0.05, 0) is 42.7 Å². The molecule has 7 rings (SSSR count). The zero-order chi connectivity index (χ0) is 28.4. The Hall–Kier alpha value is -4.41. The minimum Gasteiger partial charge on any atom is -0.342 e. The van der Waals surface area contributed by atoms with E-state index in [0.717, 1.165) is 27.5 Å². The molecule has 1 saturated carbocycles. The Bertz CT molecular complexity index is 1680. The number of alkyl halides is 3. The molecule has 1 saturated heterocycles. The van der Waals surface area contributed by atoms with Crippen LogP contribution in [-0.4, -0.2) is 55.9 Å². The summed E-state index contributed by atoms with van der Waals surface area (Å²) in [6, 6.07) is 9.64. The van der Waals surface area contributed by atoms with Crippen molar-refractivity contribution in [1.29, 1.82) is 0 Å². The second kappa shape index (κ2) is 9.05. The molecule has 0 atom stereocenters. The van der Waals surface area contributed by atoms with Crippen LogP contribution in [0.2, 0.25) is 0 Å². The van der Waals surface area contributed by atoms with Crippen LogP contribution in [0.5, 0.6) is 0 Å². The van der Waals surface area contributed by atoms with E-state index in [1.165, 1.54) is 11.2 Å². The van der Waals surface area contributed by atoms with Gasteiger partial charge < -0.3 is 9.80 Å². The third-order valence-corrected chi connectivity index (χ3v) is 8.90. The smallest absolute Gasteiger partial charge is 0.342 e. The van der Waals surface area contributed by atoms with Gasteiger partial charge in [-0.2, -0.15) is 13.2 Å². The summed E-state index contributed by atoms with van der Waals surface area (Å²) < 4.78 is 40.9. The first-order chi connectivity index (χ1) is 19.8. The number of hydrogen-bond acceptors (Lipinski definition) is 6. The van der Waals surface area contributed by atoms with Crippen LogP contribution in [0.25, 0.3) is 21.9 Å². The molecule has 3 aromatic heterocycles. The number of aromatic nitrogens is 4. The predicted octanol–water partition coefficient (Wildman–Crippen LogP) is 4.84. The lowest BCUT2D eigenvalue weighted by molar-refractivity contribution is -0.199. The minimum atomic E-state index is -4.56. The zero-order valence-corrected chi connectivity index (χ0v) is 21.9. The maximum atomic E-state index is 14.3. The van der Waals surface area contributed by atoms with Crippen LogP contribution >= 0.6 is 0 Å². The van der Waals surface area contributed by atoms with Gasteiger partial charge in [-0.1, -0.05) is 24.3 Å². The van der Waals surface area contributed by atoms with Crippen LogP contribution in [0.1, 0.15) is 36.9 Å². The summed E-state index contributed by atoms with van der Waals surface area (Å²) in [4.78, 5) is 47.6. The molecule has 0 radical (unpaired) electrons. The first-order valence-corrected chi connectivity index (χ1v) is 13.5. The molecular weight excluding hydrogens is 533 g/mol. The zero-order valence-electron chi connectivity index (χ0n) is 21.9. The highest BCUT2D eigenvalue weighted by Gasteiger charge is 2.69. The van der Waals surface area contributed by atoms with Crippen molar-refractivity contribution in [3.63, 3.8) is 0 Å². The topological polar surface area (TPSA) is 92.2 Å². The quantitative estimate of drug-likeness (QED) is 0.356. The number of hydrogen-bond donors (Lipinski definition) is 0. The number of halogens is 3. The molecule has 2 fully saturated rings. The van der Waals surface area contributed by atoms with Crippen molar-refractivity contribution in [3.8, 4) is 11.1 Å². The van der Waals surface area contributed by atoms with Gasteiger partial charge in [0.1, 0.15) is 11.7 Å². The van der Waals surface area contributed by atoms with Crippen LogP contribution in [0.3, 0.4) is 0 Å². The molecule has 5 heterocycles. The number of fused-ring (bicyclic) bond motifs is 3. The second-order valence-corrected chi connectivity index (χ2v) is 11.0. The molecule has 0 unspecified atom stereocenters. The Kier molecular flexibility index (Phi) is 5.64. The van der Waals surface area contributed by atoms with E-state index >= 15 is 0 Å². The van der Waals surface area contributed by atoms with Gasteiger partial charge in [0.05, 0.1) is 29.5 Å². The lowest BCUT2D eigenvalue weighted by Gasteiger charge is -2.40. The molecular formula is C30H25F3N6O2. The fourth-order valence-electron chi connectivity index (χ4n) is 6.49. The van der Waals surface area contributed by atoms with E-state index < -0.39 is 22.9 Å². The summed E-state index contributed by atoms with van der Waals surface area (Å²) in [7, 11) is 0. The molecule has 4 aromatic rings. The molecule has 1 spiro atoms. The summed E-state index contributed by atoms with van der Waals surface area (Å²) >= 11 is 0. The number of anilines is 1. The SMILES string of the molecule is O=C1N(Cc2ncc3ccccc3c2-c2cncnc2)c2cnccc2C12CCN(C(=O)C1(C(F)(F)F)CC1)CC2. The molecule has 2 amide bonds. The molecule has 3 aliphatic rings. The van der Waals surface area contributed by atoms with Gasteiger partial charge in [0, 0.05) is 54.4 Å². The molecule has 11 heteroatoms. The maximum absolute atomic E-state index is 14.3. The third-order valence-electron chi connectivity index (χ3n) is 8.90. The van der Waals surface area contributed by atoms with Gasteiger partial charge in [-0.3, -0.25) is 19.6 Å². The standard InChI is InChI=1S/C30H25F3N6O2/c31-30(32,33)29(6-7-29)27(41)38-11-8-28(9-12-38)22-5-10-34-16-24(22)39(26(28)40)17-23-25(20-13-35-18-36-14-20)21-4-2-1-3-19(21)15-37-23/h1-5,10,13-16,18H,6-9,11-12,17H2. The van der Waals surface area contributed by atoms with Gasteiger partial charge in [0.2, 0.25) is 11.8 Å². The monoisotopic (exact) mass is 558 g/mol. The van der Waals surface area contributed by atoms with E-state index in [4.69, 9.17) is 4.98 Å². The average molecular weight is 559 g/mol. The van der Waals surface area contributed by atoms with Crippen LogP contribution < -0.4 is 4.90 Å². The molecule has 1 aromatic carbocycles. The molecule has 1 aliphatic carbocycles. The summed E-state index contributed by atoms with van der Waals surface area (Å²) in [6.07, 6.45) is 5.49. The number of nitrogens with zero attached hydrogens (tertiary/aromatic N) is 6. The number of rotatable bonds is 4. The Balaban J connectivity index is 1.23. The van der Waals surface area contributed by atoms with Gasteiger partial charge >= 0.3 is 6.18 Å². The largest absolute Gasteiger partial charge is 0.403 e. The van der Waals surface area contributed by atoms with Crippen molar-refractivity contribution in [3.05, 3.63) is 78.9 Å². The first kappa shape index (κ1) is 25.6. The van der Waals surface area contributed by atoms with Crippen molar-refractivity contribution in [2.75, 3.05) is 18.0 Å². The Morgan fingerprint density at radius 2 is 1.66 bits per heavy atom. The van der Waals surface area contributed by atoms with Crippen LogP contribution in [0, 0.1) is 5.41 Å². The normalized spacial score (nSPS) is 19.0. The number of likely N-dealkylation sites (tertiary alicyclic amines) is 1. The van der Waals surface area contributed by atoms with E-state index in [9.17, 15) is 22.8 Å². The van der Waals surface area contributed by atoms with E-state index in [2.05, 4.69) is 15.0 Å². The van der Waals surface area contributed by atoms with Gasteiger partial charge in [0.15, 0.2) is 0 Å². The third kappa shape index (κ3) is 3.82. The van der Waals surface area contributed by atoms with Gasteiger partial charge in [-0.25, -0.2) is 9.97 Å². The Labute approximate surface area is 233 Å². The molecule has 0 N–H and O–H groups in total. The molecule has 8 nitrogen and oxygen atoms in total. The van der Waals surface area contributed by atoms with Gasteiger partial charge in [-0.15, -0.1) is 0 Å². The van der Waals surface area contributed by atoms with Crippen molar-refractivity contribution in [2.24, 2.45) is 5.41 Å². The van der Waals surface area contributed by atoms with E-state index in [0.29, 0.717) is 11.4 Å². The molecule has 41 heavy (non-hydrogen) atoms. The van der Waals surface area contributed by atoms with Crippen molar-refractivity contribution in [1.82, 2.24) is 24.8 Å². The average Bonchev–Trinajstić information content (AvgIpc) is 3.79. The summed E-state index contributed by atoms with van der Waals surface area (Å²) in [6.45, 7) is 0.325. The number of pyridine rings is 2. The number of amides is 2. The van der Waals surface area contributed by atoms with Crippen molar-refractivity contribution < 1.29 is 22.8 Å². The van der Waals surface area contributed by atoms with E-state index in [1.54, 1.807) is 35.9 Å². The number of piperidine rings is 1. The fourth-order valence-corrected chi connectivity index (χ4v) is 6.49.